The van der Waals surface area contributed by atoms with Gasteiger partial charge in [-0.15, -0.1) is 11.3 Å². The van der Waals surface area contributed by atoms with E-state index in [9.17, 15) is 4.79 Å². The van der Waals surface area contributed by atoms with E-state index in [1.54, 1.807) is 11.3 Å². The normalized spacial score (nSPS) is 14.2. The lowest BCUT2D eigenvalue weighted by atomic mass is 10.1. The summed E-state index contributed by atoms with van der Waals surface area (Å²) in [6, 6.07) is 22.7. The number of hydrogen-bond acceptors (Lipinski definition) is 5. The standard InChI is InChI=1S/C25H27N3O2S2/c1-30-24(29)22-17-21(16-19-8-4-2-5-9-19)32-23(22)26-25(31)28-14-12-27(13-15-28)18-20-10-6-3-7-11-20/h2-11,17H,12-16,18H2,1H3,(H,26,31). The maximum atomic E-state index is 12.4. The fraction of sp³-hybridized carbons (Fsp3) is 0.280. The monoisotopic (exact) mass is 465 g/mol. The molecule has 0 radical (unpaired) electrons. The van der Waals surface area contributed by atoms with Gasteiger partial charge in [-0.05, 0) is 29.4 Å². The number of nitrogens with zero attached hydrogens (tertiary/aromatic N) is 2. The van der Waals surface area contributed by atoms with Crippen LogP contribution in [0.15, 0.2) is 66.7 Å². The van der Waals surface area contributed by atoms with E-state index >= 15 is 0 Å². The third-order valence-electron chi connectivity index (χ3n) is 5.54. The van der Waals surface area contributed by atoms with E-state index in [-0.39, 0.29) is 5.97 Å². The van der Waals surface area contributed by atoms with Crippen LogP contribution in [0.5, 0.6) is 0 Å². The predicted molar refractivity (Wildman–Crippen MR) is 134 cm³/mol. The summed E-state index contributed by atoms with van der Waals surface area (Å²) < 4.78 is 5.00. The first kappa shape index (κ1) is 22.5. The van der Waals surface area contributed by atoms with Crippen molar-refractivity contribution in [3.05, 3.63) is 88.3 Å². The molecule has 0 spiro atoms. The molecule has 0 unspecified atom stereocenters. The van der Waals surface area contributed by atoms with Crippen molar-refractivity contribution in [1.29, 1.82) is 0 Å². The van der Waals surface area contributed by atoms with Crippen LogP contribution in [0.1, 0.15) is 26.4 Å². The molecule has 1 aliphatic rings. The molecule has 0 atom stereocenters. The SMILES string of the molecule is COC(=O)c1cc(Cc2ccccc2)sc1NC(=S)N1CCN(Cc2ccccc2)CC1. The Balaban J connectivity index is 1.38. The van der Waals surface area contributed by atoms with Crippen LogP contribution < -0.4 is 5.32 Å². The molecule has 0 saturated carbocycles. The molecular formula is C25H27N3O2S2. The molecule has 5 nitrogen and oxygen atoms in total. The second-order valence-electron chi connectivity index (χ2n) is 7.79. The van der Waals surface area contributed by atoms with Crippen LogP contribution in [-0.2, 0) is 17.7 Å². The van der Waals surface area contributed by atoms with Gasteiger partial charge in [0.15, 0.2) is 5.11 Å². The van der Waals surface area contributed by atoms with Gasteiger partial charge in [-0.3, -0.25) is 4.90 Å². The summed E-state index contributed by atoms with van der Waals surface area (Å²) in [4.78, 5) is 18.1. The van der Waals surface area contributed by atoms with Gasteiger partial charge in [-0.25, -0.2) is 4.79 Å². The zero-order valence-corrected chi connectivity index (χ0v) is 19.8. The molecule has 32 heavy (non-hydrogen) atoms. The molecule has 1 N–H and O–H groups in total. The third-order valence-corrected chi connectivity index (χ3v) is 6.95. The maximum absolute atomic E-state index is 12.4. The summed E-state index contributed by atoms with van der Waals surface area (Å²) in [7, 11) is 1.41. The highest BCUT2D eigenvalue weighted by molar-refractivity contribution is 7.80. The van der Waals surface area contributed by atoms with Crippen LogP contribution in [0.4, 0.5) is 5.00 Å². The smallest absolute Gasteiger partial charge is 0.340 e. The van der Waals surface area contributed by atoms with Crippen molar-refractivity contribution in [2.75, 3.05) is 38.6 Å². The molecule has 1 aromatic heterocycles. The maximum Gasteiger partial charge on any atom is 0.340 e. The van der Waals surface area contributed by atoms with E-state index in [1.807, 2.05) is 30.3 Å². The van der Waals surface area contributed by atoms with E-state index in [4.69, 9.17) is 17.0 Å². The summed E-state index contributed by atoms with van der Waals surface area (Å²) in [5.41, 5.74) is 3.07. The molecule has 7 heteroatoms. The molecule has 0 aliphatic carbocycles. The number of piperazine rings is 1. The second-order valence-corrected chi connectivity index (χ2v) is 9.31. The number of nitrogens with one attached hydrogen (secondary N) is 1. The van der Waals surface area contributed by atoms with Gasteiger partial charge in [-0.2, -0.15) is 0 Å². The fourth-order valence-electron chi connectivity index (χ4n) is 3.81. The molecule has 0 bridgehead atoms. The first-order valence-corrected chi connectivity index (χ1v) is 11.9. The van der Waals surface area contributed by atoms with E-state index in [1.165, 1.54) is 18.2 Å². The van der Waals surface area contributed by atoms with Crippen molar-refractivity contribution in [2.24, 2.45) is 0 Å². The summed E-state index contributed by atoms with van der Waals surface area (Å²) in [6.45, 7) is 4.56. The third kappa shape index (κ3) is 5.73. The molecular weight excluding hydrogens is 438 g/mol. The zero-order valence-electron chi connectivity index (χ0n) is 18.1. The molecule has 166 valence electrons. The summed E-state index contributed by atoms with van der Waals surface area (Å²) >= 11 is 7.25. The topological polar surface area (TPSA) is 44.8 Å². The number of rotatable bonds is 6. The molecule has 3 aromatic rings. The minimum atomic E-state index is -0.349. The van der Waals surface area contributed by atoms with E-state index in [2.05, 4.69) is 51.5 Å². The first-order chi connectivity index (χ1) is 15.6. The number of methoxy groups -OCH3 is 1. The van der Waals surface area contributed by atoms with Gasteiger partial charge in [0.2, 0.25) is 0 Å². The Kier molecular flexibility index (Phi) is 7.52. The number of hydrogen-bond donors (Lipinski definition) is 1. The van der Waals surface area contributed by atoms with Crippen molar-refractivity contribution in [3.8, 4) is 0 Å². The second kappa shape index (κ2) is 10.7. The minimum absolute atomic E-state index is 0.349. The zero-order chi connectivity index (χ0) is 22.3. The van der Waals surface area contributed by atoms with Crippen LogP contribution in [0.3, 0.4) is 0 Å². The quantitative estimate of drug-likeness (QED) is 0.423. The van der Waals surface area contributed by atoms with Gasteiger partial charge in [-0.1, -0.05) is 60.7 Å². The summed E-state index contributed by atoms with van der Waals surface area (Å²) in [6.07, 6.45) is 0.766. The van der Waals surface area contributed by atoms with Crippen LogP contribution in [-0.4, -0.2) is 54.2 Å². The Labute approximate surface area is 198 Å². The molecule has 1 saturated heterocycles. The Morgan fingerprint density at radius 1 is 1.00 bits per heavy atom. The number of esters is 1. The van der Waals surface area contributed by atoms with Gasteiger partial charge in [0.05, 0.1) is 12.7 Å². The predicted octanol–water partition coefficient (Wildman–Crippen LogP) is 4.64. The first-order valence-electron chi connectivity index (χ1n) is 10.7. The Bertz CT molecular complexity index is 1050. The molecule has 4 rings (SSSR count). The number of thiophene rings is 1. The molecule has 1 aliphatic heterocycles. The number of anilines is 1. The minimum Gasteiger partial charge on any atom is -0.465 e. The van der Waals surface area contributed by atoms with Crippen molar-refractivity contribution in [2.45, 2.75) is 13.0 Å². The van der Waals surface area contributed by atoms with Crippen molar-refractivity contribution >= 4 is 39.6 Å². The van der Waals surface area contributed by atoms with Crippen LogP contribution in [0.2, 0.25) is 0 Å². The lowest BCUT2D eigenvalue weighted by Crippen LogP contribution is -2.49. The summed E-state index contributed by atoms with van der Waals surface area (Å²) in [5.74, 6) is -0.349. The lowest BCUT2D eigenvalue weighted by molar-refractivity contribution is 0.0602. The highest BCUT2D eigenvalue weighted by Gasteiger charge is 2.22. The number of thiocarbonyl (C=S) groups is 1. The molecule has 0 amide bonds. The average Bonchev–Trinajstić information content (AvgIpc) is 3.22. The van der Waals surface area contributed by atoms with E-state index < -0.39 is 0 Å². The van der Waals surface area contributed by atoms with Gasteiger partial charge >= 0.3 is 5.97 Å². The lowest BCUT2D eigenvalue weighted by Gasteiger charge is -2.36. The number of benzene rings is 2. The average molecular weight is 466 g/mol. The number of ether oxygens (including phenoxy) is 1. The van der Waals surface area contributed by atoms with Crippen molar-refractivity contribution in [1.82, 2.24) is 9.80 Å². The highest BCUT2D eigenvalue weighted by atomic mass is 32.1. The Hall–Kier alpha value is -2.74. The number of carbonyl (C=O) groups excluding carboxylic acids is 1. The number of carbonyl (C=O) groups is 1. The Morgan fingerprint density at radius 2 is 1.62 bits per heavy atom. The summed E-state index contributed by atoms with van der Waals surface area (Å²) in [5, 5.41) is 4.73. The van der Waals surface area contributed by atoms with E-state index in [0.717, 1.165) is 49.0 Å². The van der Waals surface area contributed by atoms with Crippen LogP contribution >= 0.6 is 23.6 Å². The van der Waals surface area contributed by atoms with Gasteiger partial charge in [0.25, 0.3) is 0 Å². The van der Waals surface area contributed by atoms with Crippen molar-refractivity contribution in [3.63, 3.8) is 0 Å². The van der Waals surface area contributed by atoms with Crippen LogP contribution in [0, 0.1) is 0 Å². The van der Waals surface area contributed by atoms with Gasteiger partial charge in [0.1, 0.15) is 5.00 Å². The molecule has 2 aromatic carbocycles. The molecule has 1 fully saturated rings. The van der Waals surface area contributed by atoms with E-state index in [0.29, 0.717) is 10.7 Å². The van der Waals surface area contributed by atoms with Gasteiger partial charge in [0, 0.05) is 44.0 Å². The van der Waals surface area contributed by atoms with Gasteiger partial charge < -0.3 is 15.0 Å². The highest BCUT2D eigenvalue weighted by Crippen LogP contribution is 2.31. The Morgan fingerprint density at radius 3 is 2.25 bits per heavy atom. The van der Waals surface area contributed by atoms with Crippen LogP contribution in [0.25, 0.3) is 0 Å². The fourth-order valence-corrected chi connectivity index (χ4v) is 5.23. The largest absolute Gasteiger partial charge is 0.465 e. The van der Waals surface area contributed by atoms with Crippen molar-refractivity contribution < 1.29 is 9.53 Å². The molecule has 2 heterocycles.